The van der Waals surface area contributed by atoms with Gasteiger partial charge < -0.3 is 19.8 Å². The molecule has 1 saturated heterocycles. The fourth-order valence-electron chi connectivity index (χ4n) is 7.74. The normalized spacial score (nSPS) is 33.4. The van der Waals surface area contributed by atoms with Gasteiger partial charge in [0.05, 0.1) is 23.0 Å². The highest BCUT2D eigenvalue weighted by Gasteiger charge is 2.73. The molecule has 2 N–H and O–H groups in total. The van der Waals surface area contributed by atoms with E-state index in [4.69, 9.17) is 4.74 Å². The Morgan fingerprint density at radius 3 is 2.80 bits per heavy atom. The first-order chi connectivity index (χ1) is 16.8. The minimum absolute atomic E-state index is 0.0449. The monoisotopic (exact) mass is 474 g/mol. The molecule has 6 heteroatoms. The van der Waals surface area contributed by atoms with E-state index in [1.54, 1.807) is 6.07 Å². The third-order valence-electron chi connectivity index (χ3n) is 9.42. The molecule has 2 unspecified atom stereocenters. The topological polar surface area (TPSA) is 73.2 Å². The molecule has 0 radical (unpaired) electrons. The molecule has 4 aliphatic rings. The number of piperidine rings is 1. The quantitative estimate of drug-likeness (QED) is 0.650. The molecule has 1 spiro atoms. The third kappa shape index (κ3) is 2.87. The molecule has 6 nitrogen and oxygen atoms in total. The van der Waals surface area contributed by atoms with Crippen molar-refractivity contribution < 1.29 is 19.7 Å². The Morgan fingerprint density at radius 1 is 1.29 bits per heavy atom. The van der Waals surface area contributed by atoms with Gasteiger partial charge >= 0.3 is 0 Å². The SMILES string of the molecule is C=CCN1CC[C@]23c4c5ccc(O)c4OC2C(N(C)C(=O)[C@H](C)c2ccccc2)CC[C@@]3(O)[C@H]1C5. The van der Waals surface area contributed by atoms with Gasteiger partial charge in [0, 0.05) is 25.2 Å². The molecule has 2 aliphatic carbocycles. The van der Waals surface area contributed by atoms with Crippen molar-refractivity contribution in [2.75, 3.05) is 20.1 Å². The van der Waals surface area contributed by atoms with Gasteiger partial charge in [0.25, 0.3) is 0 Å². The summed E-state index contributed by atoms with van der Waals surface area (Å²) in [6.07, 6.45) is 4.17. The van der Waals surface area contributed by atoms with Crippen molar-refractivity contribution in [2.24, 2.45) is 0 Å². The Morgan fingerprint density at radius 2 is 2.06 bits per heavy atom. The van der Waals surface area contributed by atoms with Gasteiger partial charge in [-0.05, 0) is 56.3 Å². The largest absolute Gasteiger partial charge is 0.504 e. The number of ether oxygens (including phenoxy) is 1. The number of hydrogen-bond acceptors (Lipinski definition) is 5. The number of amides is 1. The Hall–Kier alpha value is -2.83. The summed E-state index contributed by atoms with van der Waals surface area (Å²) in [6, 6.07) is 13.3. The summed E-state index contributed by atoms with van der Waals surface area (Å²) in [4.78, 5) is 17.9. The van der Waals surface area contributed by atoms with Crippen molar-refractivity contribution in [1.29, 1.82) is 0 Å². The van der Waals surface area contributed by atoms with E-state index in [2.05, 4.69) is 11.5 Å². The van der Waals surface area contributed by atoms with Crippen LogP contribution in [0.4, 0.5) is 0 Å². The summed E-state index contributed by atoms with van der Waals surface area (Å²) in [6.45, 7) is 7.43. The summed E-state index contributed by atoms with van der Waals surface area (Å²) >= 11 is 0. The smallest absolute Gasteiger partial charge is 0.229 e. The molecule has 6 atom stereocenters. The summed E-state index contributed by atoms with van der Waals surface area (Å²) in [5.41, 5.74) is 1.46. The van der Waals surface area contributed by atoms with Crippen molar-refractivity contribution in [3.8, 4) is 11.5 Å². The van der Waals surface area contributed by atoms with E-state index in [9.17, 15) is 15.0 Å². The zero-order valence-electron chi connectivity index (χ0n) is 20.5. The summed E-state index contributed by atoms with van der Waals surface area (Å²) in [5, 5.41) is 23.3. The summed E-state index contributed by atoms with van der Waals surface area (Å²) < 4.78 is 6.60. The third-order valence-corrected chi connectivity index (χ3v) is 9.42. The molecule has 2 aliphatic heterocycles. The van der Waals surface area contributed by atoms with E-state index in [-0.39, 0.29) is 29.7 Å². The summed E-state index contributed by atoms with van der Waals surface area (Å²) in [5.74, 6) is 0.391. The number of phenolic OH excluding ortho intramolecular Hbond substituents is 1. The average Bonchev–Trinajstić information content (AvgIpc) is 3.22. The van der Waals surface area contributed by atoms with Crippen LogP contribution in [0.3, 0.4) is 0 Å². The maximum Gasteiger partial charge on any atom is 0.229 e. The predicted molar refractivity (Wildman–Crippen MR) is 134 cm³/mol. The fraction of sp³-hybridized carbons (Fsp3) is 0.483. The van der Waals surface area contributed by atoms with Gasteiger partial charge in [0.15, 0.2) is 11.5 Å². The molecule has 35 heavy (non-hydrogen) atoms. The number of phenols is 1. The highest BCUT2D eigenvalue weighted by atomic mass is 16.5. The maximum absolute atomic E-state index is 13.7. The molecule has 6 rings (SSSR count). The molecule has 184 valence electrons. The van der Waals surface area contributed by atoms with E-state index >= 15 is 0 Å². The first-order valence-electron chi connectivity index (χ1n) is 12.7. The van der Waals surface area contributed by atoms with Crippen LogP contribution >= 0.6 is 0 Å². The molecule has 2 bridgehead atoms. The van der Waals surface area contributed by atoms with Crippen molar-refractivity contribution in [3.63, 3.8) is 0 Å². The average molecular weight is 475 g/mol. The molecule has 2 aromatic rings. The highest BCUT2D eigenvalue weighted by molar-refractivity contribution is 5.83. The second-order valence-corrected chi connectivity index (χ2v) is 10.8. The molecule has 1 saturated carbocycles. The number of hydrogen-bond donors (Lipinski definition) is 2. The lowest BCUT2D eigenvalue weighted by Gasteiger charge is -2.64. The lowest BCUT2D eigenvalue weighted by molar-refractivity contribution is -0.198. The van der Waals surface area contributed by atoms with E-state index in [0.717, 1.165) is 36.2 Å². The number of likely N-dealkylation sites (N-methyl/N-ethyl adjacent to an activating group) is 1. The number of rotatable bonds is 5. The van der Waals surface area contributed by atoms with Crippen LogP contribution in [0.25, 0.3) is 0 Å². The van der Waals surface area contributed by atoms with Gasteiger partial charge in [-0.1, -0.05) is 42.5 Å². The van der Waals surface area contributed by atoms with E-state index in [0.29, 0.717) is 25.0 Å². The van der Waals surface area contributed by atoms with Gasteiger partial charge in [0.1, 0.15) is 6.10 Å². The van der Waals surface area contributed by atoms with Crippen LogP contribution in [-0.2, 0) is 16.6 Å². The molecule has 0 aromatic heterocycles. The number of carbonyl (C=O) groups excluding carboxylic acids is 1. The first-order valence-corrected chi connectivity index (χ1v) is 12.7. The van der Waals surface area contributed by atoms with Crippen LogP contribution in [0.2, 0.25) is 0 Å². The predicted octanol–water partition coefficient (Wildman–Crippen LogP) is 3.36. The molecule has 2 fully saturated rings. The first kappa shape index (κ1) is 22.6. The van der Waals surface area contributed by atoms with E-state index < -0.39 is 17.1 Å². The second kappa shape index (κ2) is 7.84. The molecule has 2 heterocycles. The Labute approximate surface area is 206 Å². The van der Waals surface area contributed by atoms with Crippen molar-refractivity contribution in [2.45, 2.75) is 67.7 Å². The van der Waals surface area contributed by atoms with Crippen LogP contribution < -0.4 is 4.74 Å². The number of aromatic hydroxyl groups is 1. The molecule has 2 aromatic carbocycles. The summed E-state index contributed by atoms with van der Waals surface area (Å²) in [7, 11) is 1.87. The zero-order chi connectivity index (χ0) is 24.5. The molecular formula is C29H34N2O4. The Balaban J connectivity index is 1.42. The maximum atomic E-state index is 13.7. The lowest BCUT2D eigenvalue weighted by atomic mass is 9.48. The van der Waals surface area contributed by atoms with Crippen LogP contribution in [0, 0.1) is 0 Å². The second-order valence-electron chi connectivity index (χ2n) is 10.8. The van der Waals surface area contributed by atoms with Crippen LogP contribution in [0.15, 0.2) is 55.1 Å². The van der Waals surface area contributed by atoms with Crippen LogP contribution in [0.5, 0.6) is 11.5 Å². The van der Waals surface area contributed by atoms with Crippen molar-refractivity contribution in [1.82, 2.24) is 9.80 Å². The Bertz CT molecular complexity index is 1180. The highest BCUT2D eigenvalue weighted by Crippen LogP contribution is 2.65. The molecule has 1 amide bonds. The number of aliphatic hydroxyl groups is 1. The van der Waals surface area contributed by atoms with Gasteiger partial charge in [-0.3, -0.25) is 9.69 Å². The standard InChI is InChI=1S/C29H34N2O4/c1-4-15-31-16-14-28-24-20-10-11-22(32)25(24)35-26(28)21(12-13-29(28,34)23(31)17-20)30(3)27(33)18(2)19-8-6-5-7-9-19/h4-11,18,21,23,26,32,34H,1,12-17H2,2-3H3/t18-,21?,23-,26?,28+,29-/m1/s1. The number of likely N-dealkylation sites (tertiary alicyclic amines) is 1. The number of benzene rings is 2. The number of carbonyl (C=O) groups is 1. The fourth-order valence-corrected chi connectivity index (χ4v) is 7.74. The van der Waals surface area contributed by atoms with Gasteiger partial charge in [-0.2, -0.15) is 0 Å². The van der Waals surface area contributed by atoms with E-state index in [1.807, 2.05) is 61.3 Å². The van der Waals surface area contributed by atoms with Gasteiger partial charge in [-0.25, -0.2) is 0 Å². The van der Waals surface area contributed by atoms with E-state index in [1.165, 1.54) is 0 Å². The minimum atomic E-state index is -0.990. The van der Waals surface area contributed by atoms with Gasteiger partial charge in [0.2, 0.25) is 5.91 Å². The lowest BCUT2D eigenvalue weighted by Crippen LogP contribution is -2.78. The van der Waals surface area contributed by atoms with Crippen molar-refractivity contribution >= 4 is 5.91 Å². The van der Waals surface area contributed by atoms with Crippen molar-refractivity contribution in [3.05, 3.63) is 71.8 Å². The van der Waals surface area contributed by atoms with Crippen LogP contribution in [0.1, 0.15) is 48.8 Å². The van der Waals surface area contributed by atoms with Crippen LogP contribution in [-0.4, -0.2) is 69.8 Å². The number of nitrogens with zero attached hydrogens (tertiary/aromatic N) is 2. The Kier molecular flexibility index (Phi) is 5.07. The minimum Gasteiger partial charge on any atom is -0.504 e. The molecular weight excluding hydrogens is 440 g/mol. The van der Waals surface area contributed by atoms with Gasteiger partial charge in [-0.15, -0.1) is 6.58 Å². The zero-order valence-corrected chi connectivity index (χ0v) is 20.5.